The highest BCUT2D eigenvalue weighted by atomic mass is 31.2. The van der Waals surface area contributed by atoms with E-state index in [0.717, 1.165) is 4.57 Å². The molecule has 0 radical (unpaired) electrons. The number of aliphatic carboxylic acids is 1. The average Bonchev–Trinajstić information content (AvgIpc) is 2.83. The maximum Gasteiger partial charge on any atom is 0.475 e. The molecule has 0 spiro atoms. The Kier molecular flexibility index (Phi) is 11.5. The Morgan fingerprint density at radius 1 is 1.36 bits per heavy atom. The van der Waals surface area contributed by atoms with E-state index in [9.17, 15) is 49.4 Å². The van der Waals surface area contributed by atoms with Crippen LogP contribution in [0, 0.1) is 0 Å². The largest absolute Gasteiger partial charge is 0.477 e. The number of nitrogens with two attached hydrogens (primary N) is 1. The first-order valence-corrected chi connectivity index (χ1v) is 13.2. The van der Waals surface area contributed by atoms with Crippen molar-refractivity contribution >= 4 is 25.5 Å². The molecule has 0 bridgehead atoms. The molecule has 39 heavy (non-hydrogen) atoms. The molecule has 1 fully saturated rings. The quantitative estimate of drug-likeness (QED) is 0.0945. The number of nitrogen functional groups attached to an aromatic ring is 1. The molecule has 2 heterocycles. The number of phosphoric ester groups is 1. The Morgan fingerprint density at radius 3 is 2.59 bits per heavy atom. The van der Waals surface area contributed by atoms with Gasteiger partial charge in [-0.2, -0.15) is 4.98 Å². The molecular formula is C20H34N5O13P. The molecule has 1 saturated heterocycles. The van der Waals surface area contributed by atoms with Crippen molar-refractivity contribution in [2.24, 2.45) is 0 Å². The number of carboxylic acid groups (broad SMARTS) is 1. The van der Waals surface area contributed by atoms with Crippen LogP contribution in [0.15, 0.2) is 17.1 Å². The van der Waals surface area contributed by atoms with Gasteiger partial charge in [0, 0.05) is 19.5 Å². The number of aromatic nitrogens is 2. The molecule has 10 N–H and O–H groups in total. The molecule has 1 aliphatic heterocycles. The molecule has 1 aliphatic rings. The predicted octanol–water partition coefficient (Wildman–Crippen LogP) is -3.91. The second-order valence-electron chi connectivity index (χ2n) is 8.87. The fourth-order valence-corrected chi connectivity index (χ4v) is 4.79. The number of ether oxygens (including phenoxy) is 1. The Balaban J connectivity index is 2.10. The molecule has 1 amide bonds. The molecule has 18 nitrogen and oxygen atoms in total. The van der Waals surface area contributed by atoms with Crippen molar-refractivity contribution in [1.29, 1.82) is 0 Å². The summed E-state index contributed by atoms with van der Waals surface area (Å²) < 4.78 is 28.5. The number of phosphoric acid groups is 1. The monoisotopic (exact) mass is 583 g/mol. The first-order valence-electron chi connectivity index (χ1n) is 11.7. The lowest BCUT2D eigenvalue weighted by Crippen LogP contribution is -2.63. The lowest BCUT2D eigenvalue weighted by atomic mass is 9.91. The third-order valence-corrected chi connectivity index (χ3v) is 6.75. The van der Waals surface area contributed by atoms with Gasteiger partial charge in [0.25, 0.3) is 5.79 Å². The number of hydrogen-bond donors (Lipinski definition) is 9. The van der Waals surface area contributed by atoms with E-state index in [4.69, 9.17) is 15.0 Å². The maximum atomic E-state index is 12.6. The van der Waals surface area contributed by atoms with Crippen LogP contribution in [0.1, 0.15) is 19.8 Å². The topological polar surface area (TPSA) is 285 Å². The number of aliphatic hydroxyl groups excluding tert-OH is 4. The van der Waals surface area contributed by atoms with E-state index in [1.165, 1.54) is 19.2 Å². The van der Waals surface area contributed by atoms with Crippen molar-refractivity contribution in [2.75, 3.05) is 25.9 Å². The molecule has 5 unspecified atom stereocenters. The van der Waals surface area contributed by atoms with Gasteiger partial charge < -0.3 is 51.5 Å². The van der Waals surface area contributed by atoms with E-state index in [1.54, 1.807) is 7.05 Å². The van der Waals surface area contributed by atoms with Crippen molar-refractivity contribution in [3.8, 4) is 0 Å². The number of amides is 1. The summed E-state index contributed by atoms with van der Waals surface area (Å²) in [4.78, 5) is 49.1. The standard InChI is InChI=1S/C20H34N5O13P/c1-10(26)23-16-11(27)7-20(18(31)32,37-14(16)3-5-22-2)38-39(34,35)36-9-13(29)17(30)12(28)8-25-6-4-15(21)24-19(25)33/h4,6,11-14,16-17,22,27-30H,3,5,7-9H2,1-2H3,(H,23,26)(H,31,32)(H,34,35)(H2,21,24,33)/t11?,12-,13+,14?,16?,17-,20?/m0/s1. The molecule has 222 valence electrons. The van der Waals surface area contributed by atoms with Gasteiger partial charge in [-0.1, -0.05) is 0 Å². The first kappa shape index (κ1) is 32.7. The van der Waals surface area contributed by atoms with Gasteiger partial charge >= 0.3 is 19.5 Å². The molecule has 0 saturated carbocycles. The van der Waals surface area contributed by atoms with Crippen LogP contribution in [0.3, 0.4) is 0 Å². The van der Waals surface area contributed by atoms with Gasteiger partial charge in [-0.25, -0.2) is 18.7 Å². The number of rotatable bonds is 14. The van der Waals surface area contributed by atoms with Crippen LogP contribution in [0.2, 0.25) is 0 Å². The van der Waals surface area contributed by atoms with Gasteiger partial charge in [-0.3, -0.25) is 13.9 Å². The minimum atomic E-state index is -5.36. The van der Waals surface area contributed by atoms with E-state index in [0.29, 0.717) is 0 Å². The summed E-state index contributed by atoms with van der Waals surface area (Å²) in [6.45, 7) is -0.234. The van der Waals surface area contributed by atoms with E-state index in [1.807, 2.05) is 0 Å². The molecule has 19 heteroatoms. The van der Waals surface area contributed by atoms with Crippen molar-refractivity contribution < 1.29 is 58.4 Å². The predicted molar refractivity (Wildman–Crippen MR) is 130 cm³/mol. The molecule has 0 aromatic carbocycles. The highest BCUT2D eigenvalue weighted by molar-refractivity contribution is 7.47. The van der Waals surface area contributed by atoms with E-state index in [2.05, 4.69) is 20.1 Å². The Labute approximate surface area is 221 Å². The minimum absolute atomic E-state index is 0.0584. The average molecular weight is 583 g/mol. The number of aliphatic hydroxyl groups is 4. The van der Waals surface area contributed by atoms with Crippen LogP contribution >= 0.6 is 7.82 Å². The number of anilines is 1. The lowest BCUT2D eigenvalue weighted by molar-refractivity contribution is -0.270. The number of nitrogens with zero attached hydrogens (tertiary/aromatic N) is 2. The third kappa shape index (κ3) is 9.00. The van der Waals surface area contributed by atoms with Gasteiger partial charge in [0.1, 0.15) is 24.1 Å². The zero-order valence-corrected chi connectivity index (χ0v) is 22.0. The molecular weight excluding hydrogens is 549 g/mol. The van der Waals surface area contributed by atoms with Crippen molar-refractivity contribution in [1.82, 2.24) is 20.2 Å². The van der Waals surface area contributed by atoms with Crippen LogP contribution in [0.5, 0.6) is 0 Å². The molecule has 1 aromatic rings. The Hall–Kier alpha value is -2.51. The Bertz CT molecular complexity index is 1110. The van der Waals surface area contributed by atoms with Gasteiger partial charge in [0.05, 0.1) is 31.4 Å². The van der Waals surface area contributed by atoms with Gasteiger partial charge in [0.15, 0.2) is 0 Å². The first-order chi connectivity index (χ1) is 18.1. The molecule has 0 aliphatic carbocycles. The number of nitrogens with one attached hydrogen (secondary N) is 2. The number of carbonyl (C=O) groups excluding carboxylic acids is 1. The number of carboxylic acids is 1. The van der Waals surface area contributed by atoms with Crippen LogP contribution in [-0.2, 0) is 34.5 Å². The normalized spacial score (nSPS) is 27.2. The summed E-state index contributed by atoms with van der Waals surface area (Å²) >= 11 is 0. The van der Waals surface area contributed by atoms with E-state index in [-0.39, 0.29) is 18.8 Å². The van der Waals surface area contributed by atoms with Crippen LogP contribution in [-0.4, -0.2) is 114 Å². The van der Waals surface area contributed by atoms with E-state index < -0.39 is 87.3 Å². The number of carbonyl (C=O) groups is 2. The highest BCUT2D eigenvalue weighted by Gasteiger charge is 2.56. The van der Waals surface area contributed by atoms with Crippen LogP contribution in [0.4, 0.5) is 5.82 Å². The molecule has 1 aromatic heterocycles. The van der Waals surface area contributed by atoms with Gasteiger partial charge in [0.2, 0.25) is 5.91 Å². The summed E-state index contributed by atoms with van der Waals surface area (Å²) in [6, 6.07) is 0.192. The van der Waals surface area contributed by atoms with E-state index >= 15 is 0 Å². The summed E-state index contributed by atoms with van der Waals surface area (Å²) in [5, 5.41) is 56.0. The maximum absolute atomic E-state index is 12.6. The van der Waals surface area contributed by atoms with Crippen molar-refractivity contribution in [3.63, 3.8) is 0 Å². The van der Waals surface area contributed by atoms with Gasteiger partial charge in [-0.05, 0) is 26.1 Å². The summed E-state index contributed by atoms with van der Waals surface area (Å²) in [5.41, 5.74) is 4.53. The summed E-state index contributed by atoms with van der Waals surface area (Å²) in [7, 11) is -3.77. The fourth-order valence-electron chi connectivity index (χ4n) is 3.83. The molecule has 8 atom stereocenters. The third-order valence-electron chi connectivity index (χ3n) is 5.75. The summed E-state index contributed by atoms with van der Waals surface area (Å²) in [5.74, 6) is -5.38. The zero-order valence-electron chi connectivity index (χ0n) is 21.1. The Morgan fingerprint density at radius 2 is 2.03 bits per heavy atom. The van der Waals surface area contributed by atoms with Crippen molar-refractivity contribution in [3.05, 3.63) is 22.7 Å². The second-order valence-corrected chi connectivity index (χ2v) is 10.3. The van der Waals surface area contributed by atoms with Crippen LogP contribution < -0.4 is 22.1 Å². The smallest absolute Gasteiger partial charge is 0.475 e. The summed E-state index contributed by atoms with van der Waals surface area (Å²) in [6.07, 6.45) is -8.17. The number of hydrogen-bond acceptors (Lipinski definition) is 14. The van der Waals surface area contributed by atoms with Crippen molar-refractivity contribution in [2.45, 2.75) is 68.7 Å². The molecule has 2 rings (SSSR count). The van der Waals surface area contributed by atoms with Crippen LogP contribution in [0.25, 0.3) is 0 Å². The minimum Gasteiger partial charge on any atom is -0.477 e. The SMILES string of the molecule is CNCCC1OC(OP(=O)(O)OC[C@@H](O)[C@@H](O)[C@@H](O)Cn2ccc(N)nc2=O)(C(=O)O)CC(O)C1NC(C)=O. The highest BCUT2D eigenvalue weighted by Crippen LogP contribution is 2.50. The zero-order chi connectivity index (χ0) is 29.5. The fraction of sp³-hybridized carbons (Fsp3) is 0.700. The second kappa shape index (κ2) is 13.7. The van der Waals surface area contributed by atoms with Gasteiger partial charge in [-0.15, -0.1) is 0 Å². The lowest BCUT2D eigenvalue weighted by Gasteiger charge is -2.44.